The summed E-state index contributed by atoms with van der Waals surface area (Å²) in [7, 11) is 1.94. The highest BCUT2D eigenvalue weighted by atomic mass is 32.2. The van der Waals surface area contributed by atoms with Gasteiger partial charge in [-0.1, -0.05) is 12.1 Å². The average Bonchev–Trinajstić information content (AvgIpc) is 2.29. The van der Waals surface area contributed by atoms with E-state index in [1.54, 1.807) is 17.8 Å². The number of halogens is 1. The van der Waals surface area contributed by atoms with Gasteiger partial charge in [0, 0.05) is 18.8 Å². The number of para-hydroxylation sites is 1. The summed E-state index contributed by atoms with van der Waals surface area (Å²) in [5.41, 5.74) is 7.25. The maximum Gasteiger partial charge on any atom is 0.146 e. The van der Waals surface area contributed by atoms with Gasteiger partial charge in [-0.2, -0.15) is 11.8 Å². The minimum absolute atomic E-state index is 0.161. The van der Waals surface area contributed by atoms with Crippen LogP contribution in [-0.2, 0) is 6.42 Å². The second-order valence-corrected chi connectivity index (χ2v) is 5.11. The fourth-order valence-corrected chi connectivity index (χ4v) is 2.59. The lowest BCUT2D eigenvalue weighted by atomic mass is 10.1. The highest BCUT2D eigenvalue weighted by molar-refractivity contribution is 7.98. The lowest BCUT2D eigenvalue weighted by molar-refractivity contribution is 0.611. The molecular formula is C13H21FN2S. The number of benzene rings is 1. The van der Waals surface area contributed by atoms with Crippen LogP contribution >= 0.6 is 11.8 Å². The molecule has 0 fully saturated rings. The average molecular weight is 256 g/mol. The minimum atomic E-state index is -0.161. The molecule has 0 aliphatic carbocycles. The van der Waals surface area contributed by atoms with E-state index in [0.717, 1.165) is 11.3 Å². The lowest BCUT2D eigenvalue weighted by Gasteiger charge is -2.29. The van der Waals surface area contributed by atoms with Crippen molar-refractivity contribution in [2.75, 3.05) is 30.5 Å². The van der Waals surface area contributed by atoms with E-state index in [-0.39, 0.29) is 5.82 Å². The van der Waals surface area contributed by atoms with Crippen molar-refractivity contribution in [1.29, 1.82) is 0 Å². The molecule has 1 aromatic carbocycles. The first-order valence-electron chi connectivity index (χ1n) is 5.81. The quantitative estimate of drug-likeness (QED) is 0.848. The van der Waals surface area contributed by atoms with Crippen LogP contribution in [0.2, 0.25) is 0 Å². The number of hydrogen-bond acceptors (Lipinski definition) is 3. The number of nitrogens with zero attached hydrogens (tertiary/aromatic N) is 1. The Bertz CT molecular complexity index is 357. The second kappa shape index (κ2) is 6.87. The summed E-state index contributed by atoms with van der Waals surface area (Å²) in [6.45, 7) is 2.65. The highest BCUT2D eigenvalue weighted by Crippen LogP contribution is 2.26. The van der Waals surface area contributed by atoms with Crippen molar-refractivity contribution in [2.45, 2.75) is 19.4 Å². The van der Waals surface area contributed by atoms with Crippen LogP contribution in [0.3, 0.4) is 0 Å². The van der Waals surface area contributed by atoms with Crippen molar-refractivity contribution in [1.82, 2.24) is 0 Å². The van der Waals surface area contributed by atoms with Crippen LogP contribution < -0.4 is 10.6 Å². The van der Waals surface area contributed by atoms with Gasteiger partial charge < -0.3 is 10.6 Å². The Morgan fingerprint density at radius 2 is 2.18 bits per heavy atom. The van der Waals surface area contributed by atoms with Crippen LogP contribution in [-0.4, -0.2) is 31.6 Å². The molecule has 2 N–H and O–H groups in total. The third-order valence-corrected chi connectivity index (χ3v) is 3.72. The molecule has 4 heteroatoms. The zero-order valence-electron chi connectivity index (χ0n) is 10.7. The fraction of sp³-hybridized carbons (Fsp3) is 0.538. The Balaban J connectivity index is 3.01. The van der Waals surface area contributed by atoms with E-state index < -0.39 is 0 Å². The zero-order valence-corrected chi connectivity index (χ0v) is 11.6. The Labute approximate surface area is 107 Å². The van der Waals surface area contributed by atoms with Crippen molar-refractivity contribution in [2.24, 2.45) is 5.73 Å². The van der Waals surface area contributed by atoms with Gasteiger partial charge in [-0.15, -0.1) is 0 Å². The van der Waals surface area contributed by atoms with E-state index in [4.69, 9.17) is 5.73 Å². The van der Waals surface area contributed by atoms with E-state index in [2.05, 4.69) is 13.2 Å². The molecule has 1 rings (SSSR count). The first-order chi connectivity index (χ1) is 8.11. The van der Waals surface area contributed by atoms with Crippen molar-refractivity contribution in [3.63, 3.8) is 0 Å². The maximum atomic E-state index is 13.9. The third kappa shape index (κ3) is 3.61. The molecule has 0 bridgehead atoms. The maximum absolute atomic E-state index is 13.9. The van der Waals surface area contributed by atoms with Gasteiger partial charge in [-0.3, -0.25) is 0 Å². The lowest BCUT2D eigenvalue weighted by Crippen LogP contribution is -2.32. The Morgan fingerprint density at radius 1 is 1.47 bits per heavy atom. The van der Waals surface area contributed by atoms with Gasteiger partial charge in [0.25, 0.3) is 0 Å². The van der Waals surface area contributed by atoms with Gasteiger partial charge in [-0.25, -0.2) is 4.39 Å². The van der Waals surface area contributed by atoms with Crippen LogP contribution in [0.15, 0.2) is 18.2 Å². The molecule has 0 aromatic heterocycles. The van der Waals surface area contributed by atoms with Crippen molar-refractivity contribution >= 4 is 17.4 Å². The number of nitrogens with two attached hydrogens (primary N) is 1. The monoisotopic (exact) mass is 256 g/mol. The van der Waals surface area contributed by atoms with E-state index in [1.165, 1.54) is 6.07 Å². The van der Waals surface area contributed by atoms with Crippen LogP contribution in [0.5, 0.6) is 0 Å². The van der Waals surface area contributed by atoms with Crippen LogP contribution in [0, 0.1) is 5.82 Å². The standard InChI is InChI=1S/C13H21FN2S/c1-10(9-17-3)16(2)13-11(7-8-15)5-4-6-12(13)14/h4-6,10H,7-9,15H2,1-3H3. The van der Waals surface area contributed by atoms with E-state index in [1.807, 2.05) is 18.0 Å². The molecule has 1 aromatic rings. The van der Waals surface area contributed by atoms with Gasteiger partial charge in [0.2, 0.25) is 0 Å². The summed E-state index contributed by atoms with van der Waals surface area (Å²) in [6, 6.07) is 5.51. The van der Waals surface area contributed by atoms with E-state index in [0.29, 0.717) is 24.7 Å². The zero-order chi connectivity index (χ0) is 12.8. The van der Waals surface area contributed by atoms with Gasteiger partial charge >= 0.3 is 0 Å². The number of thioether (sulfide) groups is 1. The van der Waals surface area contributed by atoms with Crippen LogP contribution in [0.25, 0.3) is 0 Å². The number of rotatable bonds is 6. The molecule has 0 heterocycles. The molecular weight excluding hydrogens is 235 g/mol. The summed E-state index contributed by atoms with van der Waals surface area (Å²) in [4.78, 5) is 2.01. The van der Waals surface area contributed by atoms with E-state index >= 15 is 0 Å². The van der Waals surface area contributed by atoms with E-state index in [9.17, 15) is 4.39 Å². The molecule has 1 unspecified atom stereocenters. The fourth-order valence-electron chi connectivity index (χ4n) is 1.89. The largest absolute Gasteiger partial charge is 0.368 e. The van der Waals surface area contributed by atoms with Crippen molar-refractivity contribution < 1.29 is 4.39 Å². The summed E-state index contributed by atoms with van der Waals surface area (Å²) in [5.74, 6) is 0.818. The molecule has 2 nitrogen and oxygen atoms in total. The van der Waals surface area contributed by atoms with Gasteiger partial charge in [0.1, 0.15) is 5.82 Å². The molecule has 0 radical (unpaired) electrons. The number of hydrogen-bond donors (Lipinski definition) is 1. The number of anilines is 1. The normalized spacial score (nSPS) is 12.5. The molecule has 0 saturated heterocycles. The molecule has 96 valence electrons. The minimum Gasteiger partial charge on any atom is -0.368 e. The Hall–Kier alpha value is -0.740. The summed E-state index contributed by atoms with van der Waals surface area (Å²) in [5, 5.41) is 0. The van der Waals surface area contributed by atoms with Gasteiger partial charge in [0.05, 0.1) is 5.69 Å². The molecule has 0 spiro atoms. The highest BCUT2D eigenvalue weighted by Gasteiger charge is 2.16. The molecule has 0 aliphatic rings. The van der Waals surface area contributed by atoms with Gasteiger partial charge in [0.15, 0.2) is 0 Å². The smallest absolute Gasteiger partial charge is 0.146 e. The SMILES string of the molecule is CSCC(C)N(C)c1c(F)cccc1CCN. The van der Waals surface area contributed by atoms with Crippen molar-refractivity contribution in [3.8, 4) is 0 Å². The predicted molar refractivity (Wildman–Crippen MR) is 75.4 cm³/mol. The molecule has 0 saturated carbocycles. The molecule has 1 atom stereocenters. The molecule has 0 amide bonds. The summed E-state index contributed by atoms with van der Waals surface area (Å²) < 4.78 is 13.9. The second-order valence-electron chi connectivity index (χ2n) is 4.20. The van der Waals surface area contributed by atoms with Crippen molar-refractivity contribution in [3.05, 3.63) is 29.6 Å². The molecule has 17 heavy (non-hydrogen) atoms. The molecule has 0 aliphatic heterocycles. The van der Waals surface area contributed by atoms with Crippen LogP contribution in [0.4, 0.5) is 10.1 Å². The first-order valence-corrected chi connectivity index (χ1v) is 7.20. The summed E-state index contributed by atoms with van der Waals surface area (Å²) >= 11 is 1.77. The van der Waals surface area contributed by atoms with Crippen LogP contribution in [0.1, 0.15) is 12.5 Å². The summed E-state index contributed by atoms with van der Waals surface area (Å²) in [6.07, 6.45) is 2.77. The predicted octanol–water partition coefficient (Wildman–Crippen LogP) is 2.51. The topological polar surface area (TPSA) is 29.3 Å². The first kappa shape index (κ1) is 14.3. The Kier molecular flexibility index (Phi) is 5.78. The Morgan fingerprint density at radius 3 is 2.76 bits per heavy atom. The third-order valence-electron chi connectivity index (χ3n) is 2.91. The van der Waals surface area contributed by atoms with Gasteiger partial charge in [-0.05, 0) is 37.8 Å².